The van der Waals surface area contributed by atoms with Crippen molar-refractivity contribution in [2.24, 2.45) is 0 Å². The molecule has 0 unspecified atom stereocenters. The number of hydrazine groups is 1. The molecular weight excluding hydrogens is 402 g/mol. The highest BCUT2D eigenvalue weighted by Crippen LogP contribution is 2.32. The summed E-state index contributed by atoms with van der Waals surface area (Å²) < 4.78 is 15.6. The van der Waals surface area contributed by atoms with E-state index in [4.69, 9.17) is 14.2 Å². The Morgan fingerprint density at radius 2 is 1.84 bits per heavy atom. The zero-order valence-electron chi connectivity index (χ0n) is 17.1. The molecule has 1 fully saturated rings. The van der Waals surface area contributed by atoms with E-state index in [9.17, 15) is 14.4 Å². The van der Waals surface area contributed by atoms with Gasteiger partial charge in [0.1, 0.15) is 0 Å². The average Bonchev–Trinajstić information content (AvgIpc) is 3.43. The Bertz CT molecular complexity index is 1010. The van der Waals surface area contributed by atoms with Crippen molar-refractivity contribution in [1.29, 1.82) is 0 Å². The number of fused-ring (bicyclic) bond motifs is 1. The smallest absolute Gasteiger partial charge is 0.340 e. The van der Waals surface area contributed by atoms with Crippen LogP contribution < -0.4 is 14.8 Å². The van der Waals surface area contributed by atoms with E-state index in [1.54, 1.807) is 43.3 Å². The molecule has 1 saturated heterocycles. The zero-order chi connectivity index (χ0) is 21.8. The predicted molar refractivity (Wildman–Crippen MR) is 111 cm³/mol. The summed E-state index contributed by atoms with van der Waals surface area (Å²) in [6.45, 7) is 3.05. The van der Waals surface area contributed by atoms with Gasteiger partial charge >= 0.3 is 12.0 Å². The summed E-state index contributed by atoms with van der Waals surface area (Å²) >= 11 is 0. The van der Waals surface area contributed by atoms with Crippen LogP contribution in [0.3, 0.4) is 0 Å². The van der Waals surface area contributed by atoms with Crippen LogP contribution in [0.1, 0.15) is 29.3 Å². The molecule has 9 heteroatoms. The SMILES string of the molecule is CCOC(=O)c1cccc(NC(=O)N2CCCN2C(=O)Cc2ccc3c(c2)OCO3)c1. The Kier molecular flexibility index (Phi) is 5.92. The molecule has 4 rings (SSSR count). The van der Waals surface area contributed by atoms with Gasteiger partial charge in [0.25, 0.3) is 0 Å². The number of anilines is 1. The number of amides is 3. The van der Waals surface area contributed by atoms with E-state index in [0.717, 1.165) is 5.56 Å². The maximum atomic E-state index is 12.9. The van der Waals surface area contributed by atoms with Crippen LogP contribution in [0.4, 0.5) is 10.5 Å². The monoisotopic (exact) mass is 425 g/mol. The first-order valence-electron chi connectivity index (χ1n) is 10.1. The Morgan fingerprint density at radius 3 is 2.68 bits per heavy atom. The number of carbonyl (C=O) groups excluding carboxylic acids is 3. The van der Waals surface area contributed by atoms with E-state index >= 15 is 0 Å². The lowest BCUT2D eigenvalue weighted by molar-refractivity contribution is -0.139. The standard InChI is InChI=1S/C22H23N3O6/c1-2-29-21(27)16-5-3-6-17(13-16)23-22(28)25-10-4-9-24(25)20(26)12-15-7-8-18-19(11-15)31-14-30-18/h3,5-8,11,13H,2,4,9-10,12,14H2,1H3,(H,23,28). The fourth-order valence-corrected chi connectivity index (χ4v) is 3.53. The molecule has 0 spiro atoms. The second kappa shape index (κ2) is 8.95. The second-order valence-electron chi connectivity index (χ2n) is 7.09. The molecule has 9 nitrogen and oxygen atoms in total. The van der Waals surface area contributed by atoms with Gasteiger partial charge in [-0.05, 0) is 49.2 Å². The summed E-state index contributed by atoms with van der Waals surface area (Å²) in [6.07, 6.45) is 0.821. The number of nitrogens with zero attached hydrogens (tertiary/aromatic N) is 2. The molecule has 31 heavy (non-hydrogen) atoms. The van der Waals surface area contributed by atoms with Crippen molar-refractivity contribution in [2.45, 2.75) is 19.8 Å². The summed E-state index contributed by atoms with van der Waals surface area (Å²) in [6, 6.07) is 11.4. The lowest BCUT2D eigenvalue weighted by Gasteiger charge is -2.28. The van der Waals surface area contributed by atoms with Gasteiger partial charge in [0.2, 0.25) is 12.7 Å². The lowest BCUT2D eigenvalue weighted by atomic mass is 10.1. The third-order valence-corrected chi connectivity index (χ3v) is 4.97. The number of urea groups is 1. The molecule has 2 aromatic carbocycles. The molecule has 3 amide bonds. The molecule has 0 aromatic heterocycles. The highest BCUT2D eigenvalue weighted by atomic mass is 16.7. The Morgan fingerprint density at radius 1 is 1.03 bits per heavy atom. The predicted octanol–water partition coefficient (Wildman–Crippen LogP) is 2.82. The normalized spacial score (nSPS) is 14.5. The van der Waals surface area contributed by atoms with E-state index in [1.165, 1.54) is 10.0 Å². The van der Waals surface area contributed by atoms with Gasteiger partial charge in [-0.3, -0.25) is 4.79 Å². The van der Waals surface area contributed by atoms with Crippen LogP contribution in [-0.2, 0) is 16.0 Å². The number of ether oxygens (including phenoxy) is 3. The minimum absolute atomic E-state index is 0.138. The van der Waals surface area contributed by atoms with Crippen LogP contribution in [0.15, 0.2) is 42.5 Å². The summed E-state index contributed by atoms with van der Waals surface area (Å²) in [5.41, 5.74) is 1.58. The first-order valence-corrected chi connectivity index (χ1v) is 10.1. The molecular formula is C22H23N3O6. The van der Waals surface area contributed by atoms with Crippen molar-refractivity contribution in [3.05, 3.63) is 53.6 Å². The maximum absolute atomic E-state index is 12.9. The van der Waals surface area contributed by atoms with E-state index in [2.05, 4.69) is 5.32 Å². The van der Waals surface area contributed by atoms with E-state index in [1.807, 2.05) is 6.07 Å². The minimum Gasteiger partial charge on any atom is -0.462 e. The highest BCUT2D eigenvalue weighted by molar-refractivity contribution is 5.94. The van der Waals surface area contributed by atoms with Crippen molar-refractivity contribution >= 4 is 23.6 Å². The maximum Gasteiger partial charge on any atom is 0.340 e. The quantitative estimate of drug-likeness (QED) is 0.740. The van der Waals surface area contributed by atoms with E-state index < -0.39 is 12.0 Å². The first-order chi connectivity index (χ1) is 15.0. The van der Waals surface area contributed by atoms with Gasteiger partial charge in [-0.15, -0.1) is 0 Å². The number of hydrogen-bond donors (Lipinski definition) is 1. The molecule has 2 aliphatic heterocycles. The van der Waals surface area contributed by atoms with Gasteiger partial charge < -0.3 is 19.5 Å². The number of esters is 1. The van der Waals surface area contributed by atoms with Crippen molar-refractivity contribution < 1.29 is 28.6 Å². The van der Waals surface area contributed by atoms with Crippen molar-refractivity contribution in [3.63, 3.8) is 0 Å². The third-order valence-electron chi connectivity index (χ3n) is 4.97. The summed E-state index contributed by atoms with van der Waals surface area (Å²) in [5.74, 6) is 0.623. The van der Waals surface area contributed by atoms with Gasteiger partial charge in [-0.25, -0.2) is 19.6 Å². The lowest BCUT2D eigenvalue weighted by Crippen LogP contribution is -2.47. The van der Waals surface area contributed by atoms with Gasteiger partial charge in [0.15, 0.2) is 11.5 Å². The van der Waals surface area contributed by atoms with Gasteiger partial charge in [0, 0.05) is 18.8 Å². The Hall–Kier alpha value is -3.75. The van der Waals surface area contributed by atoms with Crippen LogP contribution in [-0.4, -0.2) is 54.4 Å². The molecule has 0 radical (unpaired) electrons. The topological polar surface area (TPSA) is 97.4 Å². The van der Waals surface area contributed by atoms with Gasteiger partial charge in [0.05, 0.1) is 18.6 Å². The Balaban J connectivity index is 1.41. The fourth-order valence-electron chi connectivity index (χ4n) is 3.53. The van der Waals surface area contributed by atoms with Crippen LogP contribution in [0.25, 0.3) is 0 Å². The summed E-state index contributed by atoms with van der Waals surface area (Å²) in [4.78, 5) is 37.6. The zero-order valence-corrected chi connectivity index (χ0v) is 17.1. The molecule has 162 valence electrons. The number of carbonyl (C=O) groups is 3. The van der Waals surface area contributed by atoms with Crippen molar-refractivity contribution in [1.82, 2.24) is 10.0 Å². The average molecular weight is 425 g/mol. The third kappa shape index (κ3) is 4.55. The highest BCUT2D eigenvalue weighted by Gasteiger charge is 2.31. The molecule has 1 N–H and O–H groups in total. The number of benzene rings is 2. The molecule has 0 aliphatic carbocycles. The molecule has 2 aromatic rings. The number of nitrogens with one attached hydrogen (secondary N) is 1. The van der Waals surface area contributed by atoms with Gasteiger partial charge in [-0.1, -0.05) is 12.1 Å². The minimum atomic E-state index is -0.458. The summed E-state index contributed by atoms with van der Waals surface area (Å²) in [7, 11) is 0. The Labute approximate surface area is 179 Å². The fraction of sp³-hybridized carbons (Fsp3) is 0.318. The number of rotatable bonds is 5. The van der Waals surface area contributed by atoms with E-state index in [-0.39, 0.29) is 25.7 Å². The van der Waals surface area contributed by atoms with Crippen LogP contribution in [0.2, 0.25) is 0 Å². The van der Waals surface area contributed by atoms with Crippen LogP contribution >= 0.6 is 0 Å². The first kappa shape index (κ1) is 20.5. The molecule has 0 atom stereocenters. The van der Waals surface area contributed by atoms with E-state index in [0.29, 0.717) is 42.3 Å². The van der Waals surface area contributed by atoms with Gasteiger partial charge in [-0.2, -0.15) is 0 Å². The largest absolute Gasteiger partial charge is 0.462 e. The molecule has 2 heterocycles. The molecule has 0 saturated carbocycles. The number of hydrogen-bond acceptors (Lipinski definition) is 6. The van der Waals surface area contributed by atoms with Crippen LogP contribution in [0.5, 0.6) is 11.5 Å². The summed E-state index contributed by atoms with van der Waals surface area (Å²) in [5, 5.41) is 5.60. The van der Waals surface area contributed by atoms with Crippen LogP contribution in [0, 0.1) is 0 Å². The van der Waals surface area contributed by atoms with Crippen molar-refractivity contribution in [3.8, 4) is 11.5 Å². The van der Waals surface area contributed by atoms with Crippen molar-refractivity contribution in [2.75, 3.05) is 31.8 Å². The molecule has 0 bridgehead atoms. The molecule has 2 aliphatic rings. The second-order valence-corrected chi connectivity index (χ2v) is 7.09.